The molecule has 0 amide bonds. The predicted octanol–water partition coefficient (Wildman–Crippen LogP) is 0.938. The van der Waals surface area contributed by atoms with Crippen molar-refractivity contribution in [3.63, 3.8) is 0 Å². The lowest BCUT2D eigenvalue weighted by Crippen LogP contribution is -0.988. The van der Waals surface area contributed by atoms with E-state index in [1.54, 1.807) is 6.66 Å². The smallest absolute Gasteiger partial charge is 0.151 e. The molecule has 0 radical (unpaired) electrons. The molecule has 0 spiro atoms. The Labute approximate surface area is 31.6 Å². The highest BCUT2D eigenvalue weighted by Gasteiger charge is 1.27. The van der Waals surface area contributed by atoms with Crippen molar-refractivity contribution in [2.75, 3.05) is 6.66 Å². The van der Waals surface area contributed by atoms with Gasteiger partial charge in [0.1, 0.15) is 0 Å². The second kappa shape index (κ2) is 82.7. The first-order chi connectivity index (χ1) is 2.41. The van der Waals surface area contributed by atoms with E-state index in [0.29, 0.717) is 0 Å². The van der Waals surface area contributed by atoms with E-state index in [2.05, 4.69) is 0 Å². The van der Waals surface area contributed by atoms with Gasteiger partial charge in [-0.05, 0) is 0 Å². The molecule has 0 bridgehead atoms. The summed E-state index contributed by atoms with van der Waals surface area (Å²) < 4.78 is 8.90. The lowest BCUT2D eigenvalue weighted by Gasteiger charge is -1.20. The normalized spacial score (nSPS) is 4.60. The van der Waals surface area contributed by atoms with Gasteiger partial charge in [0.2, 0.25) is 0 Å². The highest BCUT2D eigenvalue weighted by Crippen LogP contribution is 1.67. The van der Waals surface area contributed by atoms with Gasteiger partial charge in [-0.3, -0.25) is 4.57 Å². The van der Waals surface area contributed by atoms with E-state index < -0.39 is 0 Å². The second-order valence-electron chi connectivity index (χ2n) is 0.183. The molecule has 28 valence electrons. The maximum atomic E-state index is 8.90. The van der Waals surface area contributed by atoms with Crippen molar-refractivity contribution in [3.8, 4) is 0 Å². The summed E-state index contributed by atoms with van der Waals surface area (Å²) in [4.78, 5) is 0. The van der Waals surface area contributed by atoms with Gasteiger partial charge in [0, 0.05) is 17.5 Å². The Balaban J connectivity index is 0. The number of hydrogen-bond acceptors (Lipinski definition) is 3. The summed E-state index contributed by atoms with van der Waals surface area (Å²) in [6.45, 7) is 1.54. The molecule has 0 atom stereocenters. The molecule has 0 aliphatic rings. The van der Waals surface area contributed by atoms with Crippen molar-refractivity contribution in [3.05, 3.63) is 0 Å². The standard InChI is InChI=1S/CH3OP.N2/c1-3-2;1-2/h1H3;. The Morgan fingerprint density at radius 1 is 1.60 bits per heavy atom. The quantitative estimate of drug-likeness (QED) is 0.328. The number of rotatable bonds is 0. The van der Waals surface area contributed by atoms with E-state index in [9.17, 15) is 0 Å². The highest BCUT2D eigenvalue weighted by molar-refractivity contribution is 7.22. The maximum absolute atomic E-state index is 8.90. The first-order valence-electron chi connectivity index (χ1n) is 0.830. The van der Waals surface area contributed by atoms with Crippen molar-refractivity contribution >= 4 is 8.46 Å². The number of nitrogens with zero attached hydrogens (tertiary/aromatic N) is 2. The predicted molar refractivity (Wildman–Crippen MR) is 17.0 cm³/mol. The van der Waals surface area contributed by atoms with Crippen LogP contribution in [0.3, 0.4) is 0 Å². The van der Waals surface area contributed by atoms with Gasteiger partial charge in [-0.2, -0.15) is 0 Å². The monoisotopic (exact) mass is 90.0 g/mol. The summed E-state index contributed by atoms with van der Waals surface area (Å²) in [6, 6.07) is 0. The van der Waals surface area contributed by atoms with Crippen LogP contribution in [0.2, 0.25) is 0 Å². The SMILES string of the molecule is CP=O.N#N. The van der Waals surface area contributed by atoms with Crippen LogP contribution < -0.4 is 0 Å². The molecule has 0 fully saturated rings. The highest BCUT2D eigenvalue weighted by atomic mass is 31.1. The van der Waals surface area contributed by atoms with E-state index >= 15 is 0 Å². The summed E-state index contributed by atoms with van der Waals surface area (Å²) in [6.07, 6.45) is 0. The van der Waals surface area contributed by atoms with Crippen molar-refractivity contribution in [1.29, 1.82) is 10.8 Å². The summed E-state index contributed by atoms with van der Waals surface area (Å²) in [5.74, 6) is 0. The molecule has 0 N–H and O–H groups in total. The third kappa shape index (κ3) is 35.3. The maximum Gasteiger partial charge on any atom is 0.151 e. The zero-order valence-electron chi connectivity index (χ0n) is 2.75. The van der Waals surface area contributed by atoms with E-state index in [1.807, 2.05) is 0 Å². The first-order valence-corrected chi connectivity index (χ1v) is 2.09. The lowest BCUT2D eigenvalue weighted by atomic mass is 12.0. The summed E-state index contributed by atoms with van der Waals surface area (Å²) in [5, 5.41) is 12.0. The molecule has 0 aromatic carbocycles. The molecule has 0 aliphatic carbocycles. The average Bonchev–Trinajstić information content (AvgIpc) is 1.46. The van der Waals surface area contributed by atoms with Crippen LogP contribution in [-0.2, 0) is 4.57 Å². The van der Waals surface area contributed by atoms with Crippen molar-refractivity contribution in [2.45, 2.75) is 0 Å². The van der Waals surface area contributed by atoms with Gasteiger partial charge in [0.25, 0.3) is 0 Å². The van der Waals surface area contributed by atoms with Crippen molar-refractivity contribution in [2.24, 2.45) is 0 Å². The van der Waals surface area contributed by atoms with Crippen LogP contribution in [0, 0.1) is 10.8 Å². The van der Waals surface area contributed by atoms with Crippen LogP contribution in [0.1, 0.15) is 0 Å². The van der Waals surface area contributed by atoms with Crippen LogP contribution in [0.5, 0.6) is 0 Å². The van der Waals surface area contributed by atoms with E-state index in [4.69, 9.17) is 15.4 Å². The molecule has 0 rings (SSSR count). The Hall–Kier alpha value is -0.480. The molecular weight excluding hydrogens is 87.0 g/mol. The third-order valence-electron chi connectivity index (χ3n) is 0. The molecule has 0 heterocycles. The Kier molecular flexibility index (Phi) is 146. The van der Waals surface area contributed by atoms with Gasteiger partial charge in [0.05, 0.1) is 0 Å². The van der Waals surface area contributed by atoms with Crippen molar-refractivity contribution < 1.29 is 4.57 Å². The molecule has 0 aliphatic heterocycles. The van der Waals surface area contributed by atoms with Gasteiger partial charge in [0.15, 0.2) is 8.46 Å². The average molecular weight is 90.0 g/mol. The van der Waals surface area contributed by atoms with Crippen molar-refractivity contribution in [1.82, 2.24) is 0 Å². The van der Waals surface area contributed by atoms with E-state index in [1.165, 1.54) is 0 Å². The van der Waals surface area contributed by atoms with E-state index in [0.717, 1.165) is 0 Å². The second-order valence-corrected chi connectivity index (χ2v) is 0.548. The fourth-order valence-electron chi connectivity index (χ4n) is 0. The molecule has 0 aromatic heterocycles. The fourth-order valence-corrected chi connectivity index (χ4v) is 0. The molecular formula is CH3N2OP. The Morgan fingerprint density at radius 3 is 1.60 bits per heavy atom. The summed E-state index contributed by atoms with van der Waals surface area (Å²) in [5.41, 5.74) is 0. The molecule has 3 nitrogen and oxygen atoms in total. The zero-order chi connectivity index (χ0) is 4.71. The van der Waals surface area contributed by atoms with Gasteiger partial charge in [-0.25, -0.2) is 0 Å². The topological polar surface area (TPSA) is 64.7 Å². The lowest BCUT2D eigenvalue weighted by molar-refractivity contribution is 0.601. The molecule has 5 heavy (non-hydrogen) atoms. The van der Waals surface area contributed by atoms with Crippen LogP contribution >= 0.6 is 8.46 Å². The first kappa shape index (κ1) is 8.82. The minimum atomic E-state index is 0.167. The Morgan fingerprint density at radius 2 is 1.60 bits per heavy atom. The summed E-state index contributed by atoms with van der Waals surface area (Å²) >= 11 is 0. The minimum Gasteiger partial charge on any atom is -0.275 e. The van der Waals surface area contributed by atoms with Crippen LogP contribution in [-0.4, -0.2) is 6.66 Å². The van der Waals surface area contributed by atoms with Gasteiger partial charge in [-0.1, -0.05) is 0 Å². The van der Waals surface area contributed by atoms with Crippen LogP contribution in [0.15, 0.2) is 0 Å². The number of hydrogen-bond donors (Lipinski definition) is 0. The van der Waals surface area contributed by atoms with Gasteiger partial charge < -0.3 is 0 Å². The molecule has 0 aromatic rings. The fraction of sp³-hybridized carbons (Fsp3) is 1.00. The molecule has 0 saturated heterocycles. The van der Waals surface area contributed by atoms with Gasteiger partial charge in [-0.15, -0.1) is 0 Å². The largest absolute Gasteiger partial charge is 0.275 e. The molecule has 0 unspecified atom stereocenters. The molecule has 4 heteroatoms. The summed E-state index contributed by atoms with van der Waals surface area (Å²) in [7, 11) is 0.167. The van der Waals surface area contributed by atoms with E-state index in [-0.39, 0.29) is 8.46 Å². The third-order valence-corrected chi connectivity index (χ3v) is 0. The minimum absolute atomic E-state index is 0.167. The van der Waals surface area contributed by atoms with Crippen LogP contribution in [0.25, 0.3) is 0 Å². The molecule has 0 saturated carbocycles. The zero-order valence-corrected chi connectivity index (χ0v) is 3.64. The Bertz CT molecular complexity index is 33.9. The van der Waals surface area contributed by atoms with Crippen LogP contribution in [0.4, 0.5) is 0 Å². The van der Waals surface area contributed by atoms with Gasteiger partial charge >= 0.3 is 0 Å².